The lowest BCUT2D eigenvalue weighted by molar-refractivity contribution is -0.140. The van der Waals surface area contributed by atoms with E-state index in [9.17, 15) is 9.59 Å². The second-order valence-electron chi connectivity index (χ2n) is 8.15. The van der Waals surface area contributed by atoms with Crippen molar-refractivity contribution in [2.75, 3.05) is 20.1 Å². The maximum atomic E-state index is 12.9. The predicted molar refractivity (Wildman–Crippen MR) is 115 cm³/mol. The van der Waals surface area contributed by atoms with Gasteiger partial charge in [-0.15, -0.1) is 11.3 Å². The number of nitrogens with zero attached hydrogens (tertiary/aromatic N) is 1. The fraction of sp³-hybridized carbons (Fsp3) is 0.478. The first-order chi connectivity index (χ1) is 13.4. The first kappa shape index (κ1) is 20.6. The molecule has 4 nitrogen and oxygen atoms in total. The van der Waals surface area contributed by atoms with E-state index in [1.165, 1.54) is 16.0 Å². The van der Waals surface area contributed by atoms with E-state index in [4.69, 9.17) is 0 Å². The molecule has 0 unspecified atom stereocenters. The Kier molecular flexibility index (Phi) is 6.55. The molecule has 0 radical (unpaired) electrons. The van der Waals surface area contributed by atoms with Crippen LogP contribution in [0.1, 0.15) is 38.7 Å². The van der Waals surface area contributed by atoms with Gasteiger partial charge in [-0.1, -0.05) is 44.2 Å². The van der Waals surface area contributed by atoms with Crippen molar-refractivity contribution >= 4 is 23.2 Å². The van der Waals surface area contributed by atoms with E-state index in [-0.39, 0.29) is 11.8 Å². The van der Waals surface area contributed by atoms with E-state index in [0.717, 1.165) is 0 Å². The second kappa shape index (κ2) is 8.91. The Balaban J connectivity index is 1.82. The Morgan fingerprint density at radius 2 is 1.86 bits per heavy atom. The van der Waals surface area contributed by atoms with Gasteiger partial charge in [0.15, 0.2) is 0 Å². The molecule has 5 heteroatoms. The Labute approximate surface area is 172 Å². The Hall–Kier alpha value is -2.14. The van der Waals surface area contributed by atoms with Crippen molar-refractivity contribution in [1.82, 2.24) is 10.2 Å². The van der Waals surface area contributed by atoms with Gasteiger partial charge >= 0.3 is 0 Å². The highest BCUT2D eigenvalue weighted by Gasteiger charge is 2.42. The van der Waals surface area contributed by atoms with Crippen LogP contribution in [0.2, 0.25) is 0 Å². The molecule has 2 heterocycles. The summed E-state index contributed by atoms with van der Waals surface area (Å²) in [6, 6.07) is 12.6. The summed E-state index contributed by atoms with van der Waals surface area (Å²) < 4.78 is 0. The fourth-order valence-electron chi connectivity index (χ4n) is 4.12. The number of hydrogen-bond donors (Lipinski definition) is 1. The van der Waals surface area contributed by atoms with Gasteiger partial charge < -0.3 is 10.2 Å². The van der Waals surface area contributed by atoms with Crippen LogP contribution in [0, 0.1) is 11.3 Å². The summed E-state index contributed by atoms with van der Waals surface area (Å²) in [7, 11) is 1.71. The van der Waals surface area contributed by atoms with Crippen molar-refractivity contribution < 1.29 is 9.59 Å². The maximum Gasteiger partial charge on any atom is 0.226 e. The van der Waals surface area contributed by atoms with E-state index < -0.39 is 5.41 Å². The number of carbonyl (C=O) groups excluding carboxylic acids is 2. The van der Waals surface area contributed by atoms with Crippen molar-refractivity contribution in [3.8, 4) is 10.4 Å². The zero-order chi connectivity index (χ0) is 20.1. The zero-order valence-corrected chi connectivity index (χ0v) is 17.8. The monoisotopic (exact) mass is 398 g/mol. The molecule has 28 heavy (non-hydrogen) atoms. The minimum absolute atomic E-state index is 0.0874. The largest absolute Gasteiger partial charge is 0.359 e. The lowest BCUT2D eigenvalue weighted by Gasteiger charge is -2.41. The predicted octanol–water partition coefficient (Wildman–Crippen LogP) is 4.36. The highest BCUT2D eigenvalue weighted by Crippen LogP contribution is 2.39. The van der Waals surface area contributed by atoms with E-state index in [0.29, 0.717) is 44.7 Å². The van der Waals surface area contributed by atoms with E-state index in [1.54, 1.807) is 18.4 Å². The number of thiophene rings is 1. The molecule has 1 fully saturated rings. The SMILES string of the molecule is CNC(=O)C1(Cc2ccccc2-c2cccs2)CCN(C(=O)CC(C)C)CC1. The fourth-order valence-corrected chi connectivity index (χ4v) is 4.91. The third kappa shape index (κ3) is 4.46. The van der Waals surface area contributed by atoms with Gasteiger partial charge in [0.1, 0.15) is 0 Å². The molecule has 0 spiro atoms. The molecule has 0 bridgehead atoms. The molecule has 150 valence electrons. The average Bonchev–Trinajstić information content (AvgIpc) is 3.22. The number of amides is 2. The normalized spacial score (nSPS) is 16.2. The molecule has 0 saturated carbocycles. The van der Waals surface area contributed by atoms with Gasteiger partial charge in [-0.2, -0.15) is 0 Å². The van der Waals surface area contributed by atoms with Crippen molar-refractivity contribution in [3.63, 3.8) is 0 Å². The van der Waals surface area contributed by atoms with E-state index in [2.05, 4.69) is 54.9 Å². The number of nitrogens with one attached hydrogen (secondary N) is 1. The van der Waals surface area contributed by atoms with Crippen molar-refractivity contribution in [1.29, 1.82) is 0 Å². The highest BCUT2D eigenvalue weighted by atomic mass is 32.1. The molecule has 3 rings (SSSR count). The standard InChI is InChI=1S/C23H30N2O2S/c1-17(2)15-21(26)25-12-10-23(11-13-25,22(27)24-3)16-18-7-4-5-8-19(18)20-9-6-14-28-20/h4-9,14,17H,10-13,15-16H2,1-3H3,(H,24,27). The maximum absolute atomic E-state index is 12.9. The number of likely N-dealkylation sites (tertiary alicyclic amines) is 1. The van der Waals surface area contributed by atoms with Crippen molar-refractivity contribution in [2.45, 2.75) is 39.5 Å². The van der Waals surface area contributed by atoms with Crippen LogP contribution in [0.15, 0.2) is 41.8 Å². The molecule has 2 aromatic rings. The van der Waals surface area contributed by atoms with E-state index >= 15 is 0 Å². The van der Waals surface area contributed by atoms with Gasteiger partial charge in [-0.25, -0.2) is 0 Å². The molecule has 0 aliphatic carbocycles. The number of hydrogen-bond acceptors (Lipinski definition) is 3. The Morgan fingerprint density at radius 1 is 1.14 bits per heavy atom. The number of benzene rings is 1. The lowest BCUT2D eigenvalue weighted by atomic mass is 9.72. The molecule has 1 aliphatic rings. The summed E-state index contributed by atoms with van der Waals surface area (Å²) in [5, 5.41) is 4.97. The zero-order valence-electron chi connectivity index (χ0n) is 17.0. The summed E-state index contributed by atoms with van der Waals surface area (Å²) >= 11 is 1.72. The average molecular weight is 399 g/mol. The summed E-state index contributed by atoms with van der Waals surface area (Å²) in [4.78, 5) is 28.6. The third-order valence-corrected chi connectivity index (χ3v) is 6.60. The van der Waals surface area contributed by atoms with Gasteiger partial charge in [-0.05, 0) is 47.8 Å². The topological polar surface area (TPSA) is 49.4 Å². The summed E-state index contributed by atoms with van der Waals surface area (Å²) in [5.41, 5.74) is 1.95. The molecule has 1 saturated heterocycles. The number of rotatable bonds is 6. The van der Waals surface area contributed by atoms with Gasteiger partial charge in [-0.3, -0.25) is 9.59 Å². The summed E-state index contributed by atoms with van der Waals surface area (Å²) in [5.74, 6) is 0.653. The molecule has 1 aromatic carbocycles. The van der Waals surface area contributed by atoms with Crippen LogP contribution >= 0.6 is 11.3 Å². The minimum atomic E-state index is -0.462. The van der Waals surface area contributed by atoms with Gasteiger partial charge in [0.05, 0.1) is 5.41 Å². The molecular weight excluding hydrogens is 368 g/mol. The molecule has 1 aromatic heterocycles. The molecule has 1 aliphatic heterocycles. The van der Waals surface area contributed by atoms with Crippen molar-refractivity contribution in [2.24, 2.45) is 11.3 Å². The first-order valence-corrected chi connectivity index (χ1v) is 10.9. The number of carbonyl (C=O) groups is 2. The van der Waals surface area contributed by atoms with Crippen LogP contribution in [0.5, 0.6) is 0 Å². The van der Waals surface area contributed by atoms with E-state index in [1.807, 2.05) is 11.0 Å². The summed E-state index contributed by atoms with van der Waals surface area (Å²) in [6.45, 7) is 5.44. The lowest BCUT2D eigenvalue weighted by Crippen LogP contribution is -2.50. The van der Waals surface area contributed by atoms with Crippen LogP contribution in [0.4, 0.5) is 0 Å². The summed E-state index contributed by atoms with van der Waals surface area (Å²) in [6.07, 6.45) is 2.69. The van der Waals surface area contributed by atoms with Crippen LogP contribution in [0.25, 0.3) is 10.4 Å². The van der Waals surface area contributed by atoms with Gasteiger partial charge in [0, 0.05) is 31.4 Å². The third-order valence-electron chi connectivity index (χ3n) is 5.70. The van der Waals surface area contributed by atoms with Crippen LogP contribution in [0.3, 0.4) is 0 Å². The van der Waals surface area contributed by atoms with Crippen LogP contribution in [-0.2, 0) is 16.0 Å². The second-order valence-corrected chi connectivity index (χ2v) is 9.10. The smallest absolute Gasteiger partial charge is 0.226 e. The minimum Gasteiger partial charge on any atom is -0.359 e. The first-order valence-electron chi connectivity index (χ1n) is 10.1. The molecule has 0 atom stereocenters. The van der Waals surface area contributed by atoms with Gasteiger partial charge in [0.2, 0.25) is 11.8 Å². The molecule has 2 amide bonds. The molecule has 1 N–H and O–H groups in total. The van der Waals surface area contributed by atoms with Crippen LogP contribution < -0.4 is 5.32 Å². The van der Waals surface area contributed by atoms with Crippen molar-refractivity contribution in [3.05, 3.63) is 47.3 Å². The highest BCUT2D eigenvalue weighted by molar-refractivity contribution is 7.13. The van der Waals surface area contributed by atoms with Gasteiger partial charge in [0.25, 0.3) is 0 Å². The Bertz CT molecular complexity index is 806. The molecular formula is C23H30N2O2S. The quantitative estimate of drug-likeness (QED) is 0.786. The Morgan fingerprint density at radius 3 is 2.46 bits per heavy atom. The van der Waals surface area contributed by atoms with Crippen LogP contribution in [-0.4, -0.2) is 36.9 Å². The number of piperidine rings is 1.